The van der Waals surface area contributed by atoms with Crippen LogP contribution in [0.25, 0.3) is 0 Å². The Hall–Kier alpha value is -1.91. The summed E-state index contributed by atoms with van der Waals surface area (Å²) in [5.74, 6) is -1.97. The standard InChI is InChI=1S/C22H40O3.C4H6O2/c1-4-5-6-7-8-9-10-11-12-13-14-15-16-17-18-19-21(23)25-22(24)20(2)3;1-3(2)4(5)6/h2,4-19H2,1,3H3;1H2,2H3,(H,5,6). The van der Waals surface area contributed by atoms with E-state index in [1.807, 2.05) is 0 Å². The predicted molar refractivity (Wildman–Crippen MR) is 128 cm³/mol. The van der Waals surface area contributed by atoms with Gasteiger partial charge < -0.3 is 9.84 Å². The molecule has 0 aromatic carbocycles. The molecule has 0 radical (unpaired) electrons. The Bertz CT molecular complexity index is 510. The lowest BCUT2D eigenvalue weighted by Crippen LogP contribution is -2.12. The lowest BCUT2D eigenvalue weighted by atomic mass is 10.0. The molecule has 5 heteroatoms. The Labute approximate surface area is 190 Å². The molecule has 0 atom stereocenters. The summed E-state index contributed by atoms with van der Waals surface area (Å²) in [7, 11) is 0. The van der Waals surface area contributed by atoms with Gasteiger partial charge in [0.2, 0.25) is 0 Å². The quantitative estimate of drug-likeness (QED) is 0.103. The van der Waals surface area contributed by atoms with Crippen LogP contribution in [0.4, 0.5) is 0 Å². The maximum absolute atomic E-state index is 11.4. The summed E-state index contributed by atoms with van der Waals surface area (Å²) in [6, 6.07) is 0. The van der Waals surface area contributed by atoms with E-state index in [1.165, 1.54) is 90.4 Å². The molecule has 1 N–H and O–H groups in total. The van der Waals surface area contributed by atoms with Gasteiger partial charge >= 0.3 is 17.9 Å². The van der Waals surface area contributed by atoms with Gasteiger partial charge in [-0.25, -0.2) is 9.59 Å². The smallest absolute Gasteiger partial charge is 0.340 e. The molecule has 0 fully saturated rings. The van der Waals surface area contributed by atoms with E-state index in [4.69, 9.17) is 5.11 Å². The minimum absolute atomic E-state index is 0.176. The predicted octanol–water partition coefficient (Wildman–Crippen LogP) is 7.54. The number of carbonyl (C=O) groups excluding carboxylic acids is 2. The van der Waals surface area contributed by atoms with E-state index < -0.39 is 17.9 Å². The van der Waals surface area contributed by atoms with Gasteiger partial charge in [-0.05, 0) is 20.3 Å². The van der Waals surface area contributed by atoms with Gasteiger partial charge in [0, 0.05) is 17.6 Å². The lowest BCUT2D eigenvalue weighted by molar-refractivity contribution is -0.157. The summed E-state index contributed by atoms with van der Waals surface area (Å²) < 4.78 is 4.65. The van der Waals surface area contributed by atoms with Crippen molar-refractivity contribution < 1.29 is 24.2 Å². The highest BCUT2D eigenvalue weighted by atomic mass is 16.6. The topological polar surface area (TPSA) is 80.7 Å². The molecule has 0 rings (SSSR count). The second-order valence-corrected chi connectivity index (χ2v) is 8.33. The molecule has 0 aromatic rings. The van der Waals surface area contributed by atoms with Crippen molar-refractivity contribution in [2.45, 2.75) is 124 Å². The number of carbonyl (C=O) groups is 3. The zero-order chi connectivity index (χ0) is 23.9. The van der Waals surface area contributed by atoms with Crippen LogP contribution < -0.4 is 0 Å². The second kappa shape index (κ2) is 22.8. The van der Waals surface area contributed by atoms with Crippen LogP contribution in [0.15, 0.2) is 24.3 Å². The third-order valence-corrected chi connectivity index (χ3v) is 4.90. The van der Waals surface area contributed by atoms with E-state index in [0.717, 1.165) is 12.8 Å². The van der Waals surface area contributed by atoms with E-state index in [1.54, 1.807) is 6.92 Å². The van der Waals surface area contributed by atoms with Crippen molar-refractivity contribution in [1.29, 1.82) is 0 Å². The summed E-state index contributed by atoms with van der Waals surface area (Å²) in [5.41, 5.74) is 0.444. The molecule has 180 valence electrons. The van der Waals surface area contributed by atoms with Crippen LogP contribution in [-0.2, 0) is 19.1 Å². The molecule has 0 spiro atoms. The molecule has 0 amide bonds. The average Bonchev–Trinajstić information content (AvgIpc) is 2.71. The zero-order valence-electron chi connectivity index (χ0n) is 20.3. The van der Waals surface area contributed by atoms with Crippen molar-refractivity contribution in [2.24, 2.45) is 0 Å². The largest absolute Gasteiger partial charge is 0.478 e. The molecule has 0 aliphatic heterocycles. The van der Waals surface area contributed by atoms with Gasteiger partial charge in [0.05, 0.1) is 0 Å². The highest BCUT2D eigenvalue weighted by Crippen LogP contribution is 2.13. The van der Waals surface area contributed by atoms with Crippen molar-refractivity contribution in [3.8, 4) is 0 Å². The van der Waals surface area contributed by atoms with E-state index >= 15 is 0 Å². The molecule has 31 heavy (non-hydrogen) atoms. The van der Waals surface area contributed by atoms with Crippen molar-refractivity contribution in [3.63, 3.8) is 0 Å². The van der Waals surface area contributed by atoms with Gasteiger partial charge in [0.15, 0.2) is 0 Å². The lowest BCUT2D eigenvalue weighted by Gasteiger charge is -2.04. The molecule has 0 unspecified atom stereocenters. The molecular weight excluding hydrogens is 392 g/mol. The SMILES string of the molecule is C=C(C)C(=O)O.C=C(C)C(=O)OC(=O)CCCCCCCCCCCCCCCCC. The minimum atomic E-state index is -0.935. The first-order chi connectivity index (χ1) is 14.7. The third kappa shape index (κ3) is 26.1. The average molecular weight is 439 g/mol. The van der Waals surface area contributed by atoms with E-state index in [2.05, 4.69) is 24.8 Å². The number of aliphatic carboxylic acids is 1. The first kappa shape index (κ1) is 31.3. The fourth-order valence-corrected chi connectivity index (χ4v) is 2.88. The molecular formula is C26H46O5. The van der Waals surface area contributed by atoms with Crippen LogP contribution in [0.3, 0.4) is 0 Å². The molecule has 0 aliphatic carbocycles. The number of hydrogen-bond donors (Lipinski definition) is 1. The fraction of sp³-hybridized carbons (Fsp3) is 0.731. The fourth-order valence-electron chi connectivity index (χ4n) is 2.88. The first-order valence-electron chi connectivity index (χ1n) is 12.0. The molecule has 0 aromatic heterocycles. The Morgan fingerprint density at radius 1 is 0.645 bits per heavy atom. The third-order valence-electron chi connectivity index (χ3n) is 4.90. The Balaban J connectivity index is 0. The van der Waals surface area contributed by atoms with Crippen molar-refractivity contribution in [2.75, 3.05) is 0 Å². The van der Waals surface area contributed by atoms with Gasteiger partial charge in [0.25, 0.3) is 0 Å². The van der Waals surface area contributed by atoms with Crippen molar-refractivity contribution >= 4 is 17.9 Å². The highest BCUT2D eigenvalue weighted by Gasteiger charge is 2.10. The Morgan fingerprint density at radius 2 is 0.968 bits per heavy atom. The van der Waals surface area contributed by atoms with Crippen LogP contribution >= 0.6 is 0 Å². The van der Waals surface area contributed by atoms with Crippen LogP contribution in [-0.4, -0.2) is 23.0 Å². The molecule has 0 saturated carbocycles. The second-order valence-electron chi connectivity index (χ2n) is 8.33. The Kier molecular flexibility index (Phi) is 23.0. The van der Waals surface area contributed by atoms with Gasteiger partial charge in [-0.2, -0.15) is 0 Å². The molecule has 0 saturated heterocycles. The number of carboxylic acid groups (broad SMARTS) is 1. The molecule has 0 aliphatic rings. The molecule has 0 heterocycles. The minimum Gasteiger partial charge on any atom is -0.478 e. The van der Waals surface area contributed by atoms with E-state index in [9.17, 15) is 14.4 Å². The number of carboxylic acids is 1. The summed E-state index contributed by atoms with van der Waals surface area (Å²) in [6.07, 6.45) is 19.8. The van der Waals surface area contributed by atoms with Crippen LogP contribution in [0, 0.1) is 0 Å². The summed E-state index contributed by atoms with van der Waals surface area (Å²) in [4.78, 5) is 32.2. The Morgan fingerprint density at radius 3 is 1.26 bits per heavy atom. The van der Waals surface area contributed by atoms with Gasteiger partial charge in [-0.1, -0.05) is 110 Å². The first-order valence-corrected chi connectivity index (χ1v) is 12.0. The van der Waals surface area contributed by atoms with Gasteiger partial charge in [-0.3, -0.25) is 4.79 Å². The number of ether oxygens (including phenoxy) is 1. The van der Waals surface area contributed by atoms with Crippen LogP contribution in [0.5, 0.6) is 0 Å². The highest BCUT2D eigenvalue weighted by molar-refractivity contribution is 5.95. The monoisotopic (exact) mass is 438 g/mol. The van der Waals surface area contributed by atoms with Crippen LogP contribution in [0.2, 0.25) is 0 Å². The number of esters is 2. The van der Waals surface area contributed by atoms with Crippen molar-refractivity contribution in [3.05, 3.63) is 24.3 Å². The maximum Gasteiger partial charge on any atom is 0.340 e. The number of rotatable bonds is 18. The summed E-state index contributed by atoms with van der Waals surface area (Å²) in [6.45, 7) is 11.9. The maximum atomic E-state index is 11.4. The van der Waals surface area contributed by atoms with Crippen LogP contribution in [0.1, 0.15) is 124 Å². The number of unbranched alkanes of at least 4 members (excludes halogenated alkanes) is 14. The summed E-state index contributed by atoms with van der Waals surface area (Å²) >= 11 is 0. The number of hydrogen-bond acceptors (Lipinski definition) is 4. The van der Waals surface area contributed by atoms with E-state index in [0.29, 0.717) is 6.42 Å². The van der Waals surface area contributed by atoms with Gasteiger partial charge in [0.1, 0.15) is 0 Å². The molecule has 5 nitrogen and oxygen atoms in total. The zero-order valence-corrected chi connectivity index (χ0v) is 20.3. The normalized spacial score (nSPS) is 10.0. The van der Waals surface area contributed by atoms with E-state index in [-0.39, 0.29) is 11.1 Å². The summed E-state index contributed by atoms with van der Waals surface area (Å²) in [5, 5.41) is 7.89. The van der Waals surface area contributed by atoms with Gasteiger partial charge in [-0.15, -0.1) is 0 Å². The molecule has 0 bridgehead atoms. The van der Waals surface area contributed by atoms with Crippen molar-refractivity contribution in [1.82, 2.24) is 0 Å².